The van der Waals surface area contributed by atoms with Crippen LogP contribution in [0.2, 0.25) is 0 Å². The van der Waals surface area contributed by atoms with Crippen molar-refractivity contribution < 1.29 is 23.5 Å². The van der Waals surface area contributed by atoms with Crippen LogP contribution in [-0.4, -0.2) is 47.3 Å². The summed E-state index contributed by atoms with van der Waals surface area (Å²) >= 11 is 0. The molecule has 238 valence electrons. The van der Waals surface area contributed by atoms with Crippen molar-refractivity contribution in [1.82, 2.24) is 29.1 Å². The first-order valence-electron chi connectivity index (χ1n) is 15.2. The van der Waals surface area contributed by atoms with E-state index < -0.39 is 5.97 Å². The lowest BCUT2D eigenvalue weighted by Crippen LogP contribution is -2.01. The molecule has 0 unspecified atom stereocenters. The lowest BCUT2D eigenvalue weighted by Gasteiger charge is -2.05. The molecule has 0 aliphatic carbocycles. The highest BCUT2D eigenvalue weighted by Gasteiger charge is 2.14. The van der Waals surface area contributed by atoms with E-state index in [2.05, 4.69) is 45.9 Å². The van der Waals surface area contributed by atoms with Gasteiger partial charge in [-0.3, -0.25) is 0 Å². The maximum Gasteiger partial charge on any atom is 0.360 e. The van der Waals surface area contributed by atoms with E-state index in [0.29, 0.717) is 17.5 Å². The first-order valence-corrected chi connectivity index (χ1v) is 15.2. The average molecular weight is 639 g/mol. The topological polar surface area (TPSA) is 134 Å². The number of aromatic nitrogens is 6. The summed E-state index contributed by atoms with van der Waals surface area (Å²) in [6.45, 7) is 1.36. The van der Waals surface area contributed by atoms with Crippen LogP contribution in [0.15, 0.2) is 131 Å². The lowest BCUT2D eigenvalue weighted by molar-refractivity contribution is 0.0594. The molecular weight excluding hydrogens is 608 g/mol. The quantitative estimate of drug-likeness (QED) is 0.179. The van der Waals surface area contributed by atoms with Gasteiger partial charge in [-0.25, -0.2) is 24.7 Å². The van der Waals surface area contributed by atoms with Crippen LogP contribution < -0.4 is 0 Å². The molecule has 0 radical (unpaired) electrons. The number of ether oxygens (including phenoxy) is 1. The van der Waals surface area contributed by atoms with Crippen molar-refractivity contribution in [3.05, 3.63) is 145 Å². The van der Waals surface area contributed by atoms with Crippen LogP contribution in [0.5, 0.6) is 0 Å². The van der Waals surface area contributed by atoms with E-state index in [-0.39, 0.29) is 12.3 Å². The lowest BCUT2D eigenvalue weighted by atomic mass is 10.1. The molecule has 11 heteroatoms. The van der Waals surface area contributed by atoms with Crippen LogP contribution in [-0.2, 0) is 24.4 Å². The van der Waals surface area contributed by atoms with Gasteiger partial charge >= 0.3 is 5.97 Å². The van der Waals surface area contributed by atoms with E-state index in [1.54, 1.807) is 0 Å². The smallest absolute Gasteiger partial charge is 0.360 e. The van der Waals surface area contributed by atoms with E-state index in [1.165, 1.54) is 25.2 Å². The summed E-state index contributed by atoms with van der Waals surface area (Å²) in [6.07, 6.45) is 6.48. The van der Waals surface area contributed by atoms with Crippen LogP contribution in [0, 0.1) is 0 Å². The van der Waals surface area contributed by atoms with Gasteiger partial charge in [0, 0.05) is 24.2 Å². The molecule has 0 amide bonds. The number of methoxy groups -OCH3 is 1. The average Bonchev–Trinajstić information content (AvgIpc) is 3.97. The number of aliphatic hydroxyl groups is 1. The zero-order valence-corrected chi connectivity index (χ0v) is 25.9. The van der Waals surface area contributed by atoms with Crippen LogP contribution in [0.1, 0.15) is 27.3 Å². The molecule has 0 atom stereocenters. The predicted molar refractivity (Wildman–Crippen MR) is 179 cm³/mol. The second-order valence-corrected chi connectivity index (χ2v) is 10.9. The van der Waals surface area contributed by atoms with Crippen LogP contribution >= 0.6 is 0 Å². The number of fused-ring (bicyclic) bond motifs is 2. The third-order valence-corrected chi connectivity index (χ3v) is 7.77. The molecular formula is C37H30N6O5. The molecule has 11 nitrogen and oxygen atoms in total. The Kier molecular flexibility index (Phi) is 8.58. The fraction of sp³-hybridized carbons (Fsp3) is 0.108. The van der Waals surface area contributed by atoms with Crippen LogP contribution in [0.25, 0.3) is 45.0 Å². The number of rotatable bonds is 8. The van der Waals surface area contributed by atoms with Crippen molar-refractivity contribution in [3.8, 4) is 22.9 Å². The SMILES string of the molecule is COC(=O)c1coc(-c2ccc(Cn3cnc4ccccc43)cc2)n1.OCc1coc(-c2ccc(Cn3cnc4ccccc43)cc2)n1. The summed E-state index contributed by atoms with van der Waals surface area (Å²) in [5.41, 5.74) is 8.89. The molecule has 0 spiro atoms. The predicted octanol–water partition coefficient (Wildman–Crippen LogP) is 6.76. The number of carbonyl (C=O) groups is 1. The monoisotopic (exact) mass is 638 g/mol. The summed E-state index contributed by atoms with van der Waals surface area (Å²) < 4.78 is 19.6. The molecule has 48 heavy (non-hydrogen) atoms. The molecule has 1 N–H and O–H groups in total. The van der Waals surface area contributed by atoms with Gasteiger partial charge in [-0.2, -0.15) is 0 Å². The molecule has 8 aromatic rings. The van der Waals surface area contributed by atoms with Crippen molar-refractivity contribution in [1.29, 1.82) is 0 Å². The number of aliphatic hydroxyl groups excluding tert-OH is 1. The number of hydrogen-bond acceptors (Lipinski definition) is 9. The second kappa shape index (κ2) is 13.6. The fourth-order valence-corrected chi connectivity index (χ4v) is 5.29. The number of hydrogen-bond donors (Lipinski definition) is 1. The van der Waals surface area contributed by atoms with Crippen LogP contribution in [0.3, 0.4) is 0 Å². The van der Waals surface area contributed by atoms with Gasteiger partial charge in [0.05, 0.1) is 48.4 Å². The minimum atomic E-state index is -0.515. The molecule has 0 saturated heterocycles. The zero-order chi connectivity index (χ0) is 32.9. The Morgan fingerprint density at radius 3 is 1.69 bits per heavy atom. The second-order valence-electron chi connectivity index (χ2n) is 10.9. The standard InChI is InChI=1S/C19H15N3O3.C18H15N3O2/c1-24-19(23)16-11-25-18(21-16)14-8-6-13(7-9-14)10-22-12-20-15-4-2-3-5-17(15)22;22-10-15-11-23-18(20-15)14-7-5-13(6-8-14)9-21-12-19-16-3-1-2-4-17(16)21/h2-9,11-12H,10H2,1H3;1-8,11-12,22H,9-10H2. The molecule has 0 bridgehead atoms. The first-order chi connectivity index (χ1) is 23.6. The van der Waals surface area contributed by atoms with Crippen molar-refractivity contribution >= 4 is 28.0 Å². The molecule has 8 rings (SSSR count). The van der Waals surface area contributed by atoms with Crippen LogP contribution in [0.4, 0.5) is 0 Å². The van der Waals surface area contributed by atoms with Crippen molar-refractivity contribution in [2.45, 2.75) is 19.7 Å². The number of esters is 1. The van der Waals surface area contributed by atoms with E-state index >= 15 is 0 Å². The van der Waals surface area contributed by atoms with Crippen molar-refractivity contribution in [2.75, 3.05) is 7.11 Å². The number of imidazole rings is 2. The molecule has 0 aliphatic rings. The van der Waals surface area contributed by atoms with Gasteiger partial charge in [-0.05, 0) is 59.7 Å². The summed E-state index contributed by atoms with van der Waals surface area (Å²) in [4.78, 5) is 28.6. The van der Waals surface area contributed by atoms with E-state index in [0.717, 1.165) is 51.8 Å². The third kappa shape index (κ3) is 6.48. The number of nitrogens with zero attached hydrogens (tertiary/aromatic N) is 6. The summed E-state index contributed by atoms with van der Waals surface area (Å²) in [6, 6.07) is 32.0. The minimum Gasteiger partial charge on any atom is -0.464 e. The largest absolute Gasteiger partial charge is 0.464 e. The number of carbonyl (C=O) groups excluding carboxylic acids is 1. The normalized spacial score (nSPS) is 11.0. The minimum absolute atomic E-state index is 0.116. The van der Waals surface area contributed by atoms with Gasteiger partial charge in [0.25, 0.3) is 0 Å². The summed E-state index contributed by atoms with van der Waals surface area (Å²) in [5, 5.41) is 9.04. The maximum atomic E-state index is 11.4. The molecule has 0 aliphatic heterocycles. The molecule has 0 saturated carbocycles. The Bertz CT molecular complexity index is 2300. The number of para-hydroxylation sites is 4. The Balaban J connectivity index is 0.000000152. The van der Waals surface area contributed by atoms with Gasteiger partial charge in [0.2, 0.25) is 11.8 Å². The highest BCUT2D eigenvalue weighted by Crippen LogP contribution is 2.22. The van der Waals surface area contributed by atoms with E-state index in [9.17, 15) is 4.79 Å². The van der Waals surface area contributed by atoms with Crippen molar-refractivity contribution in [2.24, 2.45) is 0 Å². The Hall–Kier alpha value is -6.33. The number of benzene rings is 4. The van der Waals surface area contributed by atoms with Gasteiger partial charge in [0.1, 0.15) is 18.2 Å². The fourth-order valence-electron chi connectivity index (χ4n) is 5.29. The zero-order valence-electron chi connectivity index (χ0n) is 25.9. The molecule has 0 fully saturated rings. The van der Waals surface area contributed by atoms with Gasteiger partial charge in [-0.1, -0.05) is 48.5 Å². The summed E-state index contributed by atoms with van der Waals surface area (Å²) in [5.74, 6) is 0.396. The van der Waals surface area contributed by atoms with Gasteiger partial charge < -0.3 is 27.8 Å². The first kappa shape index (κ1) is 30.3. The van der Waals surface area contributed by atoms with Crippen molar-refractivity contribution in [3.63, 3.8) is 0 Å². The van der Waals surface area contributed by atoms with E-state index in [4.69, 9.17) is 13.9 Å². The summed E-state index contributed by atoms with van der Waals surface area (Å²) in [7, 11) is 1.31. The van der Waals surface area contributed by atoms with E-state index in [1.807, 2.05) is 97.6 Å². The molecule has 4 aromatic carbocycles. The Morgan fingerprint density at radius 1 is 0.688 bits per heavy atom. The maximum absolute atomic E-state index is 11.4. The van der Waals surface area contributed by atoms with Gasteiger partial charge in [-0.15, -0.1) is 0 Å². The third-order valence-electron chi connectivity index (χ3n) is 7.77. The van der Waals surface area contributed by atoms with Gasteiger partial charge in [0.15, 0.2) is 5.69 Å². The highest BCUT2D eigenvalue weighted by atomic mass is 16.5. The Morgan fingerprint density at radius 2 is 1.19 bits per heavy atom. The molecule has 4 aromatic heterocycles. The molecule has 4 heterocycles. The number of oxazole rings is 2. The highest BCUT2D eigenvalue weighted by molar-refractivity contribution is 5.87. The Labute approximate surface area is 274 Å².